The van der Waals surface area contributed by atoms with Gasteiger partial charge in [0.15, 0.2) is 0 Å². The predicted molar refractivity (Wildman–Crippen MR) is 286 cm³/mol. The fraction of sp³-hybridized carbons (Fsp3) is 0.442. The van der Waals surface area contributed by atoms with Crippen molar-refractivity contribution in [2.45, 2.75) is 58.4 Å². The normalized spacial score (nSPS) is 15.9. The van der Waals surface area contributed by atoms with Crippen molar-refractivity contribution in [3.63, 3.8) is 0 Å². The molecule has 30 heteroatoms. The first-order valence-corrected chi connectivity index (χ1v) is 35.3. The molecule has 2 unspecified atom stereocenters. The van der Waals surface area contributed by atoms with Crippen LogP contribution in [-0.2, 0) is 51.7 Å². The number of fused-ring (bicyclic) bond motifs is 2. The van der Waals surface area contributed by atoms with Crippen LogP contribution in [0.25, 0.3) is 0 Å². The fourth-order valence-electron chi connectivity index (χ4n) is 7.40. The molecular formula is C43H60BrCl4N6Na3O11P2S2Si. The van der Waals surface area contributed by atoms with Crippen molar-refractivity contribution in [1.82, 2.24) is 19.2 Å². The van der Waals surface area contributed by atoms with E-state index < -0.39 is 55.0 Å². The predicted octanol–water partition coefficient (Wildman–Crippen LogP) is -0.135. The number of hydrogen-bond donors (Lipinski definition) is 4. The van der Waals surface area contributed by atoms with Gasteiger partial charge in [0.25, 0.3) is 20.4 Å². The topological polar surface area (TPSA) is 252 Å². The van der Waals surface area contributed by atoms with Gasteiger partial charge in [0.05, 0.1) is 19.4 Å². The van der Waals surface area contributed by atoms with Crippen LogP contribution in [0.3, 0.4) is 0 Å². The average molecular weight is 1280 g/mol. The van der Waals surface area contributed by atoms with Crippen LogP contribution in [0.15, 0.2) is 72.8 Å². The molecule has 0 saturated carbocycles. The smallest absolute Gasteiger partial charge is 0.870 e. The monoisotopic (exact) mass is 1280 g/mol. The van der Waals surface area contributed by atoms with E-state index in [1.165, 1.54) is 0 Å². The second-order valence-corrected chi connectivity index (χ2v) is 37.0. The molecule has 6 rings (SSSR count). The zero-order valence-electron chi connectivity index (χ0n) is 42.7. The van der Waals surface area contributed by atoms with Gasteiger partial charge in [-0.05, 0) is 116 Å². The molecular weight excluding hydrogens is 1220 g/mol. The number of halogens is 5. The van der Waals surface area contributed by atoms with E-state index in [-0.39, 0.29) is 132 Å². The average Bonchev–Trinajstić information content (AvgIpc) is 3.20. The standard InChI is InChI=1S/C22H30Cl2N3O5PS.C18H22Cl2N3O5PS.C3H9BrSi.3Na.H2O/c1-4-31-33(28,32-5-2)11-10-25-34(29,30)26-18-8-6-16(7-9-18)20-14-27(3)15-21-19(20)12-17(23)13-22(21)24;1-23-10-16(15-8-13(19)9-18(20)17(15)11-23)12-2-4-14(5-3-12)22-30(27,28)21-6-7-29(24,25)26;1-5(2,3)4;;;;/h6-9,12-13,20,25-26H,4-5,10-11,14-15H2,1-3H3;2-5,8-9,16,21-22H,6-7,10-11H2,1H3,(H2,24,25,26);1-3H3;;;;1H2/q;;;3*+1;/p-3. The molecule has 4 aromatic carbocycles. The van der Waals surface area contributed by atoms with Crippen molar-refractivity contribution in [3.8, 4) is 0 Å². The molecule has 0 spiro atoms. The molecule has 0 fully saturated rings. The van der Waals surface area contributed by atoms with Crippen LogP contribution in [0.5, 0.6) is 0 Å². The Morgan fingerprint density at radius 3 is 1.30 bits per heavy atom. The molecule has 73 heavy (non-hydrogen) atoms. The van der Waals surface area contributed by atoms with Crippen molar-refractivity contribution in [1.29, 1.82) is 0 Å². The van der Waals surface area contributed by atoms with Crippen LogP contribution in [-0.4, -0.2) is 105 Å². The summed E-state index contributed by atoms with van der Waals surface area (Å²) in [4.78, 5) is 25.6. The van der Waals surface area contributed by atoms with Gasteiger partial charge in [0.2, 0.25) is 0 Å². The summed E-state index contributed by atoms with van der Waals surface area (Å²) in [5, 5.41) is 2.41. The van der Waals surface area contributed by atoms with E-state index in [0.717, 1.165) is 53.0 Å². The Morgan fingerprint density at radius 2 is 0.986 bits per heavy atom. The Balaban J connectivity index is 0.00000124. The van der Waals surface area contributed by atoms with Crippen molar-refractivity contribution in [2.75, 3.05) is 75.3 Å². The minimum Gasteiger partial charge on any atom is -0.870 e. The van der Waals surface area contributed by atoms with Crippen molar-refractivity contribution in [3.05, 3.63) is 126 Å². The largest absolute Gasteiger partial charge is 1.00 e. The zero-order chi connectivity index (χ0) is 51.5. The van der Waals surface area contributed by atoms with Gasteiger partial charge in [-0.25, -0.2) is 0 Å². The van der Waals surface area contributed by atoms with Gasteiger partial charge in [0.1, 0.15) is 6.69 Å². The Hall–Kier alpha value is 1.34. The second kappa shape index (κ2) is 33.3. The van der Waals surface area contributed by atoms with E-state index in [4.69, 9.17) is 55.5 Å². The van der Waals surface area contributed by atoms with E-state index in [1.54, 1.807) is 50.2 Å². The molecule has 0 aromatic heterocycles. The second-order valence-electron chi connectivity index (χ2n) is 17.2. The van der Waals surface area contributed by atoms with Crippen molar-refractivity contribution in [2.24, 2.45) is 0 Å². The third-order valence-corrected chi connectivity index (χ3v) is 16.3. The van der Waals surface area contributed by atoms with Gasteiger partial charge in [-0.1, -0.05) is 97.9 Å². The molecule has 392 valence electrons. The SMILES string of the molecule is CCOP(=O)(CCNS(=O)(=O)Nc1ccc(C2CN(C)Cc3c(Cl)cc(Cl)cc32)cc1)OCC.CN1Cc2c(Cl)cc(Cl)cc2C(c2ccc(NS(=O)(=O)NCCP(=O)([O-])[O-])cc2)C1.C[Si](C)(C)Br.[Na+].[Na+].[Na+].[OH-]. The van der Waals surface area contributed by atoms with Gasteiger partial charge in [-0.15, -0.1) is 15.3 Å². The minimum atomic E-state index is -4.77. The maximum atomic E-state index is 12.5. The summed E-state index contributed by atoms with van der Waals surface area (Å²) >= 11 is 28.8. The van der Waals surface area contributed by atoms with Gasteiger partial charge in [0, 0.05) is 82.6 Å². The third-order valence-electron chi connectivity index (χ3n) is 10.1. The molecule has 0 aliphatic carbocycles. The van der Waals surface area contributed by atoms with E-state index >= 15 is 0 Å². The van der Waals surface area contributed by atoms with Crippen LogP contribution < -0.4 is 117 Å². The molecule has 0 amide bonds. The molecule has 4 aromatic rings. The Bertz CT molecular complexity index is 2700. The van der Waals surface area contributed by atoms with E-state index in [1.807, 2.05) is 55.2 Å². The molecule has 2 aliphatic rings. The molecule has 5 N–H and O–H groups in total. The molecule has 2 atom stereocenters. The van der Waals surface area contributed by atoms with Gasteiger partial charge in [-0.3, -0.25) is 14.0 Å². The molecule has 0 saturated heterocycles. The zero-order valence-corrected chi connectivity index (χ0v) is 57.7. The number of nitrogens with zero attached hydrogens (tertiary/aromatic N) is 2. The van der Waals surface area contributed by atoms with Crippen LogP contribution in [0, 0.1) is 0 Å². The summed E-state index contributed by atoms with van der Waals surface area (Å²) in [5.74, 6) is 0.0713. The summed E-state index contributed by atoms with van der Waals surface area (Å²) < 4.78 is 91.5. The minimum absolute atomic E-state index is 0. The number of benzene rings is 4. The molecule has 2 aliphatic heterocycles. The quantitative estimate of drug-likeness (QED) is 0.0577. The third kappa shape index (κ3) is 26.2. The molecule has 0 radical (unpaired) electrons. The maximum absolute atomic E-state index is 12.5. The number of nitrogens with one attached hydrogen (secondary N) is 4. The van der Waals surface area contributed by atoms with Gasteiger partial charge < -0.3 is 38.7 Å². The Morgan fingerprint density at radius 1 is 0.658 bits per heavy atom. The van der Waals surface area contributed by atoms with Crippen molar-refractivity contribution < 1.29 is 139 Å². The fourth-order valence-corrected chi connectivity index (χ4v) is 12.5. The molecule has 0 bridgehead atoms. The maximum Gasteiger partial charge on any atom is 1.00 e. The molecule has 17 nitrogen and oxygen atoms in total. The summed E-state index contributed by atoms with van der Waals surface area (Å²) in [6.45, 7) is 12.2. The number of likely N-dealkylation sites (N-methyl/N-ethyl adjacent to an activating group) is 2. The summed E-state index contributed by atoms with van der Waals surface area (Å²) in [6, 6.07) is 21.4. The van der Waals surface area contributed by atoms with Crippen LogP contribution in [0.1, 0.15) is 59.1 Å². The van der Waals surface area contributed by atoms with Gasteiger partial charge in [-0.2, -0.15) is 26.3 Å². The van der Waals surface area contributed by atoms with Crippen LogP contribution >= 0.6 is 76.9 Å². The van der Waals surface area contributed by atoms with Crippen molar-refractivity contribution >= 4 is 115 Å². The Labute approximate surface area is 526 Å². The number of hydrogen-bond acceptors (Lipinski definition) is 13. The Kier molecular flexibility index (Phi) is 33.9. The van der Waals surface area contributed by atoms with Crippen LogP contribution in [0.2, 0.25) is 39.7 Å². The summed E-state index contributed by atoms with van der Waals surface area (Å²) in [7, 11) is -11.9. The first-order valence-electron chi connectivity index (χ1n) is 21.6. The summed E-state index contributed by atoms with van der Waals surface area (Å²) in [5.41, 5.74) is 6.89. The van der Waals surface area contributed by atoms with E-state index in [2.05, 4.69) is 58.9 Å². The van der Waals surface area contributed by atoms with Gasteiger partial charge >= 0.3 is 96.3 Å². The number of anilines is 2. The first-order chi connectivity index (χ1) is 32.0. The van der Waals surface area contributed by atoms with E-state index in [9.17, 15) is 35.8 Å². The number of rotatable bonds is 18. The van der Waals surface area contributed by atoms with E-state index in [0.29, 0.717) is 38.0 Å². The van der Waals surface area contributed by atoms with Crippen LogP contribution in [0.4, 0.5) is 11.4 Å². The first kappa shape index (κ1) is 74.3. The molecule has 2 heterocycles. The summed E-state index contributed by atoms with van der Waals surface area (Å²) in [6.07, 6.45) is -0.860.